The van der Waals surface area contributed by atoms with Gasteiger partial charge in [-0.25, -0.2) is 0 Å². The van der Waals surface area contributed by atoms with Gasteiger partial charge in [-0.15, -0.1) is 0 Å². The summed E-state index contributed by atoms with van der Waals surface area (Å²) in [5.74, 6) is 0. The van der Waals surface area contributed by atoms with Gasteiger partial charge in [0.2, 0.25) is 0 Å². The van der Waals surface area contributed by atoms with E-state index < -0.39 is 27.7 Å². The van der Waals surface area contributed by atoms with Crippen LogP contribution < -0.4 is 0 Å². The van der Waals surface area contributed by atoms with Crippen LogP contribution in [0.3, 0.4) is 0 Å². The Morgan fingerprint density at radius 2 is 1.00 bits per heavy atom. The average molecular weight is 523 g/mol. The maximum Gasteiger partial charge on any atom is 0 e. The molecule has 6 heavy (non-hydrogen) atoms. The van der Waals surface area contributed by atoms with E-state index in [-0.39, 0.29) is 70.4 Å². The molecule has 0 amide bonds. The van der Waals surface area contributed by atoms with Crippen LogP contribution >= 0.6 is 18.9 Å². The standard InChI is InChI=1S/3ClH.Dy.Ho.Y/h3*1H;;;/q;;;+3;;/p-3. The fraction of sp³-hybridized carbons (Fsp3) is 0. The summed E-state index contributed by atoms with van der Waals surface area (Å²) < 4.78 is 0. The predicted octanol–water partition coefficient (Wildman–Crippen LogP) is 2.07. The molecule has 45 valence electrons. The maximum atomic E-state index is 4.96. The molecule has 0 fully saturated rings. The number of rotatable bonds is 0. The number of hydrogen-bond donors (Lipinski definition) is 0. The second-order valence-electron chi connectivity index (χ2n) is 0.136. The molecule has 0 saturated heterocycles. The molecule has 0 aliphatic carbocycles. The molecule has 0 N–H and O–H groups in total. The van der Waals surface area contributed by atoms with E-state index in [1.54, 1.807) is 0 Å². The first-order valence-corrected chi connectivity index (χ1v) is 7.98. The normalized spacial score (nSPS) is 7.50. The van der Waals surface area contributed by atoms with Crippen molar-refractivity contribution in [3.63, 3.8) is 0 Å². The summed E-state index contributed by atoms with van der Waals surface area (Å²) in [6.07, 6.45) is 14.9. The van der Waals surface area contributed by atoms with Crippen molar-refractivity contribution in [3.05, 3.63) is 0 Å². The smallest absolute Gasteiger partial charge is 0 e. The van der Waals surface area contributed by atoms with E-state index in [2.05, 4.69) is 0 Å². The molecule has 0 aromatic rings. The van der Waals surface area contributed by atoms with E-state index in [0.29, 0.717) is 0 Å². The Kier molecular flexibility index (Phi) is 34.3. The number of halogens is 3. The minimum absolute atomic E-state index is 0. The molecule has 0 aromatic heterocycles. The summed E-state index contributed by atoms with van der Waals surface area (Å²) in [4.78, 5) is 0. The largest absolute Gasteiger partial charge is 0 e. The second-order valence-corrected chi connectivity index (χ2v) is 9.05. The molecular formula is Cl3DyHoY. The molecule has 2 radical (unpaired) electrons. The third-order valence-corrected chi connectivity index (χ3v) is 0. The van der Waals surface area contributed by atoms with Crippen LogP contribution in [0, 0.1) is 65.5 Å². The third kappa shape index (κ3) is 23.6. The first kappa shape index (κ1) is 16.9. The van der Waals surface area contributed by atoms with Gasteiger partial charge >= 0.3 is 46.7 Å². The number of hydrogen-bond acceptors (Lipinski definition) is 0. The van der Waals surface area contributed by atoms with Crippen LogP contribution in [0.1, 0.15) is 0 Å². The molecule has 0 rings (SSSR count). The van der Waals surface area contributed by atoms with Crippen LogP contribution in [0.4, 0.5) is 0 Å². The van der Waals surface area contributed by atoms with Gasteiger partial charge in [0.15, 0.2) is 0 Å². The van der Waals surface area contributed by atoms with Crippen molar-refractivity contribution < 1.29 is 98.2 Å². The molecule has 0 aliphatic rings. The minimum Gasteiger partial charge on any atom is 0 e. The van der Waals surface area contributed by atoms with Crippen molar-refractivity contribution in [2.24, 2.45) is 0 Å². The van der Waals surface area contributed by atoms with Crippen molar-refractivity contribution in [1.29, 1.82) is 0 Å². The van der Waals surface area contributed by atoms with E-state index in [9.17, 15) is 0 Å². The fourth-order valence-corrected chi connectivity index (χ4v) is 0. The van der Waals surface area contributed by atoms with Crippen molar-refractivity contribution in [2.75, 3.05) is 0 Å². The van der Waals surface area contributed by atoms with Crippen LogP contribution in [0.15, 0.2) is 0 Å². The third-order valence-electron chi connectivity index (χ3n) is 0. The summed E-state index contributed by atoms with van der Waals surface area (Å²) >= 11 is -1.85. The monoisotopic (exact) mass is 523 g/mol. The molecular weight excluding hydrogens is 523 g/mol. The quantitative estimate of drug-likeness (QED) is 0.428. The summed E-state index contributed by atoms with van der Waals surface area (Å²) in [6.45, 7) is 0. The average Bonchev–Trinajstić information content (AvgIpc) is 0.811. The van der Waals surface area contributed by atoms with Crippen LogP contribution in [-0.2, 0) is 32.7 Å². The van der Waals surface area contributed by atoms with Gasteiger partial charge in [-0.05, 0) is 0 Å². The molecule has 0 aliphatic heterocycles. The van der Waals surface area contributed by atoms with Crippen LogP contribution in [0.25, 0.3) is 0 Å². The van der Waals surface area contributed by atoms with Crippen molar-refractivity contribution in [3.8, 4) is 0 Å². The first-order valence-electron chi connectivity index (χ1n) is 0.359. The molecule has 0 saturated carbocycles. The fourth-order valence-electron chi connectivity index (χ4n) is 0. The van der Waals surface area contributed by atoms with Gasteiger partial charge in [0.25, 0.3) is 0 Å². The second kappa shape index (κ2) is 12.2. The van der Waals surface area contributed by atoms with Gasteiger partial charge in [0.05, 0.1) is 0 Å². The molecule has 6 heteroatoms. The topological polar surface area (TPSA) is 0 Å². The van der Waals surface area contributed by atoms with Crippen molar-refractivity contribution >= 4 is 18.9 Å². The Morgan fingerprint density at radius 3 is 1.00 bits per heavy atom. The zero-order chi connectivity index (χ0) is 3.58. The van der Waals surface area contributed by atoms with Crippen LogP contribution in [0.2, 0.25) is 0 Å². The van der Waals surface area contributed by atoms with Gasteiger partial charge in [-0.2, -0.15) is 0 Å². The van der Waals surface area contributed by atoms with Crippen molar-refractivity contribution in [2.45, 2.75) is 0 Å². The Balaban J connectivity index is -0.0000000450. The zero-order valence-corrected chi connectivity index (χ0v) is 11.4. The molecule has 0 bridgehead atoms. The molecule has 0 atom stereocenters. The van der Waals surface area contributed by atoms with Crippen molar-refractivity contribution in [1.82, 2.24) is 0 Å². The Labute approximate surface area is 113 Å². The molecule has 0 aromatic carbocycles. The van der Waals surface area contributed by atoms with Crippen LogP contribution in [-0.4, -0.2) is 0 Å². The van der Waals surface area contributed by atoms with E-state index >= 15 is 0 Å². The van der Waals surface area contributed by atoms with E-state index in [1.807, 2.05) is 0 Å². The van der Waals surface area contributed by atoms with E-state index in [4.69, 9.17) is 18.9 Å². The summed E-state index contributed by atoms with van der Waals surface area (Å²) in [6, 6.07) is 0. The van der Waals surface area contributed by atoms with Gasteiger partial charge in [-0.1, -0.05) is 0 Å². The Hall–Kier alpha value is 4.51. The predicted molar refractivity (Wildman–Crippen MR) is 17.6 cm³/mol. The summed E-state index contributed by atoms with van der Waals surface area (Å²) in [7, 11) is 0. The minimum atomic E-state index is -1.85. The molecule has 0 nitrogen and oxygen atoms in total. The van der Waals surface area contributed by atoms with E-state index in [1.165, 1.54) is 0 Å². The van der Waals surface area contributed by atoms with Crippen LogP contribution in [0.5, 0.6) is 0 Å². The first-order chi connectivity index (χ1) is 1.73. The summed E-state index contributed by atoms with van der Waals surface area (Å²) in [5, 5.41) is 0. The SMILES string of the molecule is [Cl][Dy]([Cl])[Cl].[Ho].[Y]. The zero-order valence-electron chi connectivity index (χ0n) is 2.33. The van der Waals surface area contributed by atoms with Gasteiger partial charge in [0.1, 0.15) is 0 Å². The van der Waals surface area contributed by atoms with Gasteiger partial charge in [-0.3, -0.25) is 0 Å². The van der Waals surface area contributed by atoms with Gasteiger partial charge < -0.3 is 0 Å². The Morgan fingerprint density at radius 1 is 1.00 bits per heavy atom. The Bertz CT molecular complexity index is 15.5. The molecule has 0 heterocycles. The van der Waals surface area contributed by atoms with E-state index in [0.717, 1.165) is 0 Å². The summed E-state index contributed by atoms with van der Waals surface area (Å²) in [5.41, 5.74) is 0. The maximum absolute atomic E-state index is 4.96. The molecule has 0 spiro atoms. The van der Waals surface area contributed by atoms with Gasteiger partial charge in [0, 0.05) is 70.4 Å². The molecule has 0 unspecified atom stereocenters.